The van der Waals surface area contributed by atoms with Gasteiger partial charge in [0.15, 0.2) is 0 Å². The van der Waals surface area contributed by atoms with Crippen LogP contribution >= 0.6 is 15.9 Å². The first-order chi connectivity index (χ1) is 8.43. The lowest BCUT2D eigenvalue weighted by molar-refractivity contribution is 0.180. The molecule has 0 radical (unpaired) electrons. The predicted molar refractivity (Wildman–Crippen MR) is 74.9 cm³/mol. The zero-order valence-corrected chi connectivity index (χ0v) is 12.8. The smallest absolute Gasteiger partial charge is 0.245 e. The molecule has 0 aliphatic rings. The molecule has 1 aromatic rings. The predicted octanol–water partition coefficient (Wildman–Crippen LogP) is 1.69. The molecule has 0 heterocycles. The normalized spacial score (nSPS) is 12.0. The maximum absolute atomic E-state index is 12.4. The molecule has 2 N–H and O–H groups in total. The maximum atomic E-state index is 12.4. The van der Waals surface area contributed by atoms with E-state index in [1.807, 2.05) is 0 Å². The Hall–Kier alpha value is -0.630. The van der Waals surface area contributed by atoms with Gasteiger partial charge in [-0.15, -0.1) is 0 Å². The molecule has 1 rings (SSSR count). The molecule has 0 saturated heterocycles. The van der Waals surface area contributed by atoms with Gasteiger partial charge in [0.1, 0.15) is 4.90 Å². The molecule has 1 aromatic carbocycles. The van der Waals surface area contributed by atoms with Gasteiger partial charge in [0, 0.05) is 24.7 Å². The fourth-order valence-corrected chi connectivity index (χ4v) is 3.60. The van der Waals surface area contributed by atoms with Crippen LogP contribution in [0.5, 0.6) is 0 Å². The number of benzene rings is 1. The van der Waals surface area contributed by atoms with E-state index in [1.165, 1.54) is 17.5 Å². The highest BCUT2D eigenvalue weighted by atomic mass is 79.9. The highest BCUT2D eigenvalue weighted by Gasteiger charge is 2.25. The van der Waals surface area contributed by atoms with Gasteiger partial charge in [0.25, 0.3) is 0 Å². The third-order valence-corrected chi connectivity index (χ3v) is 5.01. The van der Waals surface area contributed by atoms with Gasteiger partial charge in [-0.1, -0.05) is 22.9 Å². The molecule has 0 aromatic heterocycles. The number of ether oxygens (including phenoxy) is 1. The van der Waals surface area contributed by atoms with E-state index >= 15 is 0 Å². The summed E-state index contributed by atoms with van der Waals surface area (Å²) in [4.78, 5) is 0.120. The summed E-state index contributed by atoms with van der Waals surface area (Å²) >= 11 is 3.25. The second kappa shape index (κ2) is 6.51. The highest BCUT2D eigenvalue weighted by Crippen LogP contribution is 2.25. The van der Waals surface area contributed by atoms with Crippen LogP contribution in [0.2, 0.25) is 0 Å². The Kier molecular flexibility index (Phi) is 5.58. The lowest BCUT2D eigenvalue weighted by atomic mass is 10.3. The number of hydrogen-bond acceptors (Lipinski definition) is 4. The summed E-state index contributed by atoms with van der Waals surface area (Å²) < 4.78 is 31.8. The van der Waals surface area contributed by atoms with E-state index in [-0.39, 0.29) is 10.6 Å². The van der Waals surface area contributed by atoms with Crippen molar-refractivity contribution in [1.82, 2.24) is 4.31 Å². The van der Waals surface area contributed by atoms with Gasteiger partial charge in [-0.05, 0) is 18.2 Å². The number of halogens is 1. The van der Waals surface area contributed by atoms with Crippen molar-refractivity contribution in [3.05, 3.63) is 22.7 Å². The summed E-state index contributed by atoms with van der Waals surface area (Å²) in [7, 11) is -2.04. The third-order valence-electron chi connectivity index (χ3n) is 2.49. The minimum atomic E-state index is -3.58. The zero-order valence-electron chi connectivity index (χ0n) is 10.4. The van der Waals surface area contributed by atoms with Crippen LogP contribution in [0.3, 0.4) is 0 Å². The summed E-state index contributed by atoms with van der Waals surface area (Å²) in [6.45, 7) is 2.81. The van der Waals surface area contributed by atoms with Crippen LogP contribution in [-0.4, -0.2) is 39.5 Å². The van der Waals surface area contributed by atoms with Crippen LogP contribution < -0.4 is 5.73 Å². The van der Waals surface area contributed by atoms with Crippen molar-refractivity contribution in [1.29, 1.82) is 0 Å². The number of nitrogens with two attached hydrogens (primary N) is 1. The van der Waals surface area contributed by atoms with Crippen LogP contribution in [0.25, 0.3) is 0 Å². The van der Waals surface area contributed by atoms with Gasteiger partial charge in [0.05, 0.1) is 12.3 Å². The number of hydrogen-bond donors (Lipinski definition) is 1. The highest BCUT2D eigenvalue weighted by molar-refractivity contribution is 9.10. The molecule has 7 heteroatoms. The van der Waals surface area contributed by atoms with E-state index in [1.54, 1.807) is 19.1 Å². The van der Waals surface area contributed by atoms with Crippen molar-refractivity contribution in [3.63, 3.8) is 0 Å². The van der Waals surface area contributed by atoms with E-state index in [0.717, 1.165) is 0 Å². The van der Waals surface area contributed by atoms with Crippen LogP contribution in [0.1, 0.15) is 6.92 Å². The topological polar surface area (TPSA) is 72.6 Å². The number of sulfonamides is 1. The van der Waals surface area contributed by atoms with Gasteiger partial charge < -0.3 is 10.5 Å². The Morgan fingerprint density at radius 1 is 1.44 bits per heavy atom. The molecule has 0 saturated carbocycles. The lowest BCUT2D eigenvalue weighted by Crippen LogP contribution is -2.34. The molecule has 18 heavy (non-hydrogen) atoms. The molecule has 0 amide bonds. The van der Waals surface area contributed by atoms with E-state index in [0.29, 0.717) is 24.2 Å². The summed E-state index contributed by atoms with van der Waals surface area (Å²) in [6, 6.07) is 4.79. The zero-order chi connectivity index (χ0) is 13.8. The number of rotatable bonds is 6. The van der Waals surface area contributed by atoms with Crippen molar-refractivity contribution >= 4 is 31.6 Å². The summed E-state index contributed by atoms with van der Waals surface area (Å²) in [6.07, 6.45) is 0. The monoisotopic (exact) mass is 336 g/mol. The quantitative estimate of drug-likeness (QED) is 0.802. The summed E-state index contributed by atoms with van der Waals surface area (Å²) in [5.41, 5.74) is 5.98. The molecule has 0 bridgehead atoms. The van der Waals surface area contributed by atoms with E-state index < -0.39 is 10.0 Å². The van der Waals surface area contributed by atoms with Crippen LogP contribution in [0, 0.1) is 0 Å². The van der Waals surface area contributed by atoms with Crippen molar-refractivity contribution < 1.29 is 13.2 Å². The molecule has 102 valence electrons. The third kappa shape index (κ3) is 3.44. The van der Waals surface area contributed by atoms with E-state index in [9.17, 15) is 8.42 Å². The van der Waals surface area contributed by atoms with E-state index in [2.05, 4.69) is 15.9 Å². The maximum Gasteiger partial charge on any atom is 0.245 e. The number of likely N-dealkylation sites (N-methyl/N-ethyl adjacent to an activating group) is 1. The lowest BCUT2D eigenvalue weighted by Gasteiger charge is -2.21. The summed E-state index contributed by atoms with van der Waals surface area (Å²) in [5, 5.41) is 0. The molecular weight excluding hydrogens is 320 g/mol. The Labute approximate surface area is 116 Å². The fourth-order valence-electron chi connectivity index (χ4n) is 1.51. The van der Waals surface area contributed by atoms with Gasteiger partial charge in [-0.25, -0.2) is 8.42 Å². The molecule has 0 unspecified atom stereocenters. The number of nitrogen functional groups attached to an aromatic ring is 1. The minimum absolute atomic E-state index is 0.120. The molecule has 0 aliphatic carbocycles. The SMILES string of the molecule is CCN(CCOC)S(=O)(=O)c1cc(Br)ccc1N. The molecule has 0 fully saturated rings. The van der Waals surface area contributed by atoms with Crippen LogP contribution in [0.15, 0.2) is 27.6 Å². The molecule has 0 aliphatic heterocycles. The Morgan fingerprint density at radius 2 is 2.11 bits per heavy atom. The largest absolute Gasteiger partial charge is 0.398 e. The number of nitrogens with zero attached hydrogens (tertiary/aromatic N) is 1. The van der Waals surface area contributed by atoms with Gasteiger partial charge in [-0.3, -0.25) is 0 Å². The van der Waals surface area contributed by atoms with Gasteiger partial charge >= 0.3 is 0 Å². The van der Waals surface area contributed by atoms with Gasteiger partial charge in [0.2, 0.25) is 10.0 Å². The average Bonchev–Trinajstić information content (AvgIpc) is 2.33. The summed E-state index contributed by atoms with van der Waals surface area (Å²) in [5.74, 6) is 0. The standard InChI is InChI=1S/C11H17BrN2O3S/c1-3-14(6-7-17-2)18(15,16)11-8-9(12)4-5-10(11)13/h4-5,8H,3,6-7,13H2,1-2H3. The fraction of sp³-hybridized carbons (Fsp3) is 0.455. The Morgan fingerprint density at radius 3 is 2.67 bits per heavy atom. The van der Waals surface area contributed by atoms with E-state index in [4.69, 9.17) is 10.5 Å². The Balaban J connectivity index is 3.14. The van der Waals surface area contributed by atoms with Crippen molar-refractivity contribution in [2.45, 2.75) is 11.8 Å². The van der Waals surface area contributed by atoms with Crippen LogP contribution in [-0.2, 0) is 14.8 Å². The van der Waals surface area contributed by atoms with Crippen molar-refractivity contribution in [2.75, 3.05) is 32.5 Å². The molecular formula is C11H17BrN2O3S. The first-order valence-corrected chi connectivity index (χ1v) is 7.71. The molecule has 0 spiro atoms. The van der Waals surface area contributed by atoms with Gasteiger partial charge in [-0.2, -0.15) is 4.31 Å². The van der Waals surface area contributed by atoms with Crippen molar-refractivity contribution in [3.8, 4) is 0 Å². The first-order valence-electron chi connectivity index (χ1n) is 5.47. The van der Waals surface area contributed by atoms with Crippen molar-refractivity contribution in [2.24, 2.45) is 0 Å². The molecule has 0 atom stereocenters. The molecule has 5 nitrogen and oxygen atoms in total. The Bertz CT molecular complexity index is 505. The second-order valence-corrected chi connectivity index (χ2v) is 6.49. The minimum Gasteiger partial charge on any atom is -0.398 e. The average molecular weight is 337 g/mol. The number of methoxy groups -OCH3 is 1. The number of anilines is 1. The first kappa shape index (κ1) is 15.4. The van der Waals surface area contributed by atoms with Crippen LogP contribution in [0.4, 0.5) is 5.69 Å². The second-order valence-electron chi connectivity index (χ2n) is 3.67.